The van der Waals surface area contributed by atoms with Gasteiger partial charge in [0.05, 0.1) is 27.2 Å². The van der Waals surface area contributed by atoms with Gasteiger partial charge in [0.2, 0.25) is 0 Å². The predicted octanol–water partition coefficient (Wildman–Crippen LogP) is 4.78. The van der Waals surface area contributed by atoms with E-state index in [2.05, 4.69) is 26.5 Å². The van der Waals surface area contributed by atoms with Gasteiger partial charge < -0.3 is 4.98 Å². The number of hydrogen-bond donors (Lipinski definition) is 2. The number of aromatic amines is 1. The van der Waals surface area contributed by atoms with Crippen molar-refractivity contribution in [2.75, 3.05) is 4.72 Å². The molecule has 2 N–H and O–H groups in total. The van der Waals surface area contributed by atoms with Gasteiger partial charge in [-0.2, -0.15) is 13.2 Å². The van der Waals surface area contributed by atoms with Crippen molar-refractivity contribution in [1.29, 1.82) is 0 Å². The minimum Gasteiger partial charge on any atom is -0.331 e. The average molecular weight is 441 g/mol. The van der Waals surface area contributed by atoms with E-state index in [9.17, 15) is 21.6 Å². The Kier molecular flexibility index (Phi) is 5.17. The fourth-order valence-electron chi connectivity index (χ4n) is 2.85. The Morgan fingerprint density at radius 3 is 2.42 bits per heavy atom. The van der Waals surface area contributed by atoms with Crippen LogP contribution in [0.25, 0.3) is 11.0 Å². The Bertz CT molecular complexity index is 1420. The summed E-state index contributed by atoms with van der Waals surface area (Å²) in [6, 6.07) is 17.4. The second-order valence-corrected chi connectivity index (χ2v) is 8.25. The largest absolute Gasteiger partial charge is 0.416 e. The third kappa shape index (κ3) is 4.70. The predicted molar refractivity (Wildman–Crippen MR) is 111 cm³/mol. The molecule has 0 spiro atoms. The van der Waals surface area contributed by atoms with Crippen LogP contribution in [-0.2, 0) is 16.2 Å². The molecule has 31 heavy (non-hydrogen) atoms. The van der Waals surface area contributed by atoms with Gasteiger partial charge in [0, 0.05) is 5.56 Å². The van der Waals surface area contributed by atoms with Crippen molar-refractivity contribution in [2.24, 2.45) is 0 Å². The summed E-state index contributed by atoms with van der Waals surface area (Å²) in [5.41, 5.74) is 0.820. The Hall–Kier alpha value is -3.77. The van der Waals surface area contributed by atoms with E-state index in [4.69, 9.17) is 0 Å². The molecule has 0 radical (unpaired) electrons. The molecule has 0 atom stereocenters. The van der Waals surface area contributed by atoms with Gasteiger partial charge in [-0.05, 0) is 54.5 Å². The lowest BCUT2D eigenvalue weighted by molar-refractivity contribution is -0.137. The highest BCUT2D eigenvalue weighted by atomic mass is 32.2. The summed E-state index contributed by atoms with van der Waals surface area (Å²) in [5.74, 6) is 5.60. The summed E-state index contributed by atoms with van der Waals surface area (Å²) in [6.45, 7) is 0. The fraction of sp³-hybridized carbons (Fsp3) is 0.0455. The fourth-order valence-corrected chi connectivity index (χ4v) is 3.92. The zero-order valence-electron chi connectivity index (χ0n) is 15.7. The topological polar surface area (TPSA) is 74.8 Å². The van der Waals surface area contributed by atoms with E-state index in [0.29, 0.717) is 16.7 Å². The molecular weight excluding hydrogens is 427 g/mol. The van der Waals surface area contributed by atoms with Crippen LogP contribution in [0.3, 0.4) is 0 Å². The maximum atomic E-state index is 12.8. The second-order valence-electron chi connectivity index (χ2n) is 6.56. The first-order chi connectivity index (χ1) is 14.7. The van der Waals surface area contributed by atoms with E-state index in [0.717, 1.165) is 12.1 Å². The van der Waals surface area contributed by atoms with Crippen LogP contribution in [0.15, 0.2) is 77.7 Å². The van der Waals surface area contributed by atoms with Crippen LogP contribution < -0.4 is 4.72 Å². The summed E-state index contributed by atoms with van der Waals surface area (Å²) < 4.78 is 65.9. The van der Waals surface area contributed by atoms with Crippen molar-refractivity contribution < 1.29 is 21.6 Å². The lowest BCUT2D eigenvalue weighted by Gasteiger charge is -2.07. The zero-order chi connectivity index (χ0) is 22.1. The van der Waals surface area contributed by atoms with Crippen LogP contribution in [0.2, 0.25) is 0 Å². The summed E-state index contributed by atoms with van der Waals surface area (Å²) >= 11 is 0. The number of aromatic nitrogens is 2. The van der Waals surface area contributed by atoms with Crippen LogP contribution in [0.4, 0.5) is 18.9 Å². The van der Waals surface area contributed by atoms with Gasteiger partial charge in [-0.15, -0.1) is 0 Å². The van der Waals surface area contributed by atoms with Crippen LogP contribution in [0.1, 0.15) is 17.0 Å². The Morgan fingerprint density at radius 2 is 1.68 bits per heavy atom. The number of nitrogens with one attached hydrogen (secondary N) is 2. The third-order valence-electron chi connectivity index (χ3n) is 4.30. The van der Waals surface area contributed by atoms with E-state index in [1.54, 1.807) is 36.4 Å². The van der Waals surface area contributed by atoms with E-state index < -0.39 is 21.8 Å². The highest BCUT2D eigenvalue weighted by molar-refractivity contribution is 7.92. The Morgan fingerprint density at radius 1 is 0.903 bits per heavy atom. The van der Waals surface area contributed by atoms with Crippen molar-refractivity contribution in [2.45, 2.75) is 11.1 Å². The lowest BCUT2D eigenvalue weighted by atomic mass is 10.1. The third-order valence-corrected chi connectivity index (χ3v) is 5.70. The summed E-state index contributed by atoms with van der Waals surface area (Å²) in [7, 11) is -3.74. The molecule has 3 aromatic carbocycles. The highest BCUT2D eigenvalue weighted by Gasteiger charge is 2.30. The second kappa shape index (κ2) is 7.81. The van der Waals surface area contributed by atoms with Gasteiger partial charge in [0.1, 0.15) is 0 Å². The molecule has 0 aliphatic rings. The van der Waals surface area contributed by atoms with Gasteiger partial charge in [-0.1, -0.05) is 30.2 Å². The molecule has 0 aliphatic heterocycles. The minimum absolute atomic E-state index is 0.132. The first-order valence-electron chi connectivity index (χ1n) is 8.98. The molecule has 4 aromatic rings. The van der Waals surface area contributed by atoms with Crippen molar-refractivity contribution in [1.82, 2.24) is 9.97 Å². The molecule has 0 fully saturated rings. The molecule has 0 unspecified atom stereocenters. The number of halogens is 3. The van der Waals surface area contributed by atoms with E-state index in [1.165, 1.54) is 24.3 Å². The standard InChI is InChI=1S/C22H14F3N3O2S/c23-22(24,25)16-6-4-5-15(13-16)9-12-21-26-19-11-10-17(14-20(19)27-21)28-31(29,30)18-7-2-1-3-8-18/h1-8,10-11,13-14,28H,(H,26,27). The maximum absolute atomic E-state index is 12.8. The number of imidazole rings is 1. The summed E-state index contributed by atoms with van der Waals surface area (Å²) in [6.07, 6.45) is -4.44. The number of H-pyrrole nitrogens is 1. The van der Waals surface area contributed by atoms with Crippen LogP contribution >= 0.6 is 0 Å². The number of hydrogen-bond acceptors (Lipinski definition) is 3. The molecule has 0 bridgehead atoms. The Labute approximate surface area is 176 Å². The van der Waals surface area contributed by atoms with Gasteiger partial charge in [-0.25, -0.2) is 13.4 Å². The maximum Gasteiger partial charge on any atom is 0.416 e. The molecule has 5 nitrogen and oxygen atoms in total. The molecule has 0 aliphatic carbocycles. The number of sulfonamides is 1. The van der Waals surface area contributed by atoms with Crippen LogP contribution in [0, 0.1) is 11.8 Å². The number of anilines is 1. The monoisotopic (exact) mass is 441 g/mol. The highest BCUT2D eigenvalue weighted by Crippen LogP contribution is 2.29. The van der Waals surface area contributed by atoms with Gasteiger partial charge in [-0.3, -0.25) is 4.72 Å². The van der Waals surface area contributed by atoms with Crippen molar-refractivity contribution in [3.05, 3.63) is 89.7 Å². The lowest BCUT2D eigenvalue weighted by Crippen LogP contribution is -2.12. The SMILES string of the molecule is O=S(=O)(Nc1ccc2nc(C#Cc3cccc(C(F)(F)F)c3)[nH]c2c1)c1ccccc1. The van der Waals surface area contributed by atoms with E-state index in [-0.39, 0.29) is 16.3 Å². The molecule has 0 amide bonds. The van der Waals surface area contributed by atoms with Crippen LogP contribution in [0.5, 0.6) is 0 Å². The minimum atomic E-state index is -4.44. The van der Waals surface area contributed by atoms with Gasteiger partial charge >= 0.3 is 6.18 Å². The molecule has 1 aromatic heterocycles. The van der Waals surface area contributed by atoms with Crippen molar-refractivity contribution in [3.8, 4) is 11.8 Å². The number of nitrogens with zero attached hydrogens (tertiary/aromatic N) is 1. The number of fused-ring (bicyclic) bond motifs is 1. The van der Waals surface area contributed by atoms with Gasteiger partial charge in [0.15, 0.2) is 5.82 Å². The first-order valence-corrected chi connectivity index (χ1v) is 10.5. The smallest absolute Gasteiger partial charge is 0.331 e. The molecule has 0 saturated carbocycles. The zero-order valence-corrected chi connectivity index (χ0v) is 16.6. The van der Waals surface area contributed by atoms with Crippen molar-refractivity contribution >= 4 is 26.7 Å². The molecule has 9 heteroatoms. The molecule has 4 rings (SSSR count). The first kappa shape index (κ1) is 20.5. The molecular formula is C22H14F3N3O2S. The summed E-state index contributed by atoms with van der Waals surface area (Å²) in [4.78, 5) is 7.33. The van der Waals surface area contributed by atoms with E-state index >= 15 is 0 Å². The molecule has 1 heterocycles. The number of alkyl halides is 3. The summed E-state index contributed by atoms with van der Waals surface area (Å²) in [5, 5.41) is 0. The number of rotatable bonds is 3. The quantitative estimate of drug-likeness (QED) is 0.449. The van der Waals surface area contributed by atoms with Gasteiger partial charge in [0.25, 0.3) is 10.0 Å². The normalized spacial score (nSPS) is 11.7. The molecule has 0 saturated heterocycles. The Balaban J connectivity index is 1.59. The van der Waals surface area contributed by atoms with E-state index in [1.807, 2.05) is 0 Å². The average Bonchev–Trinajstić information content (AvgIpc) is 3.14. The molecule has 156 valence electrons. The van der Waals surface area contributed by atoms with Crippen molar-refractivity contribution in [3.63, 3.8) is 0 Å². The number of benzene rings is 3. The van der Waals surface area contributed by atoms with Crippen LogP contribution in [-0.4, -0.2) is 18.4 Å².